The van der Waals surface area contributed by atoms with E-state index in [0.29, 0.717) is 25.7 Å². The Morgan fingerprint density at radius 2 is 1.96 bits per heavy atom. The van der Waals surface area contributed by atoms with Crippen molar-refractivity contribution in [3.63, 3.8) is 0 Å². The molecule has 1 heterocycles. The van der Waals surface area contributed by atoms with Crippen molar-refractivity contribution in [2.45, 2.75) is 31.7 Å². The highest BCUT2D eigenvalue weighted by atomic mass is 19.1. The molecule has 1 aliphatic heterocycles. The molecule has 2 fully saturated rings. The Labute approximate surface area is 137 Å². The van der Waals surface area contributed by atoms with Crippen LogP contribution >= 0.6 is 0 Å². The Morgan fingerprint density at radius 1 is 1.22 bits per heavy atom. The number of benzene rings is 1. The van der Waals surface area contributed by atoms with E-state index in [2.05, 4.69) is 10.2 Å². The zero-order valence-corrected chi connectivity index (χ0v) is 13.5. The summed E-state index contributed by atoms with van der Waals surface area (Å²) in [4.78, 5) is 14.4. The number of halogens is 1. The smallest absolute Gasteiger partial charge is 0.234 e. The minimum absolute atomic E-state index is 0.114. The highest BCUT2D eigenvalue weighted by Crippen LogP contribution is 2.29. The second-order valence-corrected chi connectivity index (χ2v) is 6.58. The number of carbonyl (C=O) groups excluding carboxylic acids is 1. The van der Waals surface area contributed by atoms with Gasteiger partial charge in [-0.1, -0.05) is 18.6 Å². The van der Waals surface area contributed by atoms with Gasteiger partial charge >= 0.3 is 0 Å². The molecule has 1 aromatic rings. The molecule has 3 rings (SSSR count). The van der Waals surface area contributed by atoms with Gasteiger partial charge in [-0.2, -0.15) is 0 Å². The van der Waals surface area contributed by atoms with Crippen LogP contribution in [0.25, 0.3) is 0 Å². The molecule has 1 aliphatic carbocycles. The van der Waals surface area contributed by atoms with Crippen LogP contribution in [0.5, 0.6) is 0 Å². The zero-order valence-electron chi connectivity index (χ0n) is 13.5. The minimum Gasteiger partial charge on any atom is -0.379 e. The first kappa shape index (κ1) is 16.4. The van der Waals surface area contributed by atoms with Crippen LogP contribution in [0.15, 0.2) is 24.3 Å². The van der Waals surface area contributed by atoms with Crippen LogP contribution in [0.4, 0.5) is 4.39 Å². The Hall–Kier alpha value is -1.46. The van der Waals surface area contributed by atoms with Gasteiger partial charge in [0.05, 0.1) is 19.8 Å². The van der Waals surface area contributed by atoms with Crippen molar-refractivity contribution in [1.82, 2.24) is 10.2 Å². The number of ether oxygens (including phenoxy) is 1. The molecule has 4 nitrogen and oxygen atoms in total. The number of amides is 1. The van der Waals surface area contributed by atoms with E-state index in [1.54, 1.807) is 0 Å². The van der Waals surface area contributed by atoms with E-state index in [-0.39, 0.29) is 17.8 Å². The van der Waals surface area contributed by atoms with Gasteiger partial charge in [0, 0.05) is 19.1 Å². The number of nitrogens with zero attached hydrogens (tertiary/aromatic N) is 1. The first-order valence-electron chi connectivity index (χ1n) is 8.54. The molecule has 126 valence electrons. The minimum atomic E-state index is -0.199. The molecule has 1 saturated carbocycles. The molecule has 1 aromatic carbocycles. The summed E-state index contributed by atoms with van der Waals surface area (Å²) >= 11 is 0. The maximum absolute atomic E-state index is 13.0. The predicted octanol–water partition coefficient (Wildman–Crippen LogP) is 1.99. The molecule has 0 radical (unpaired) electrons. The second-order valence-electron chi connectivity index (χ2n) is 6.58. The van der Waals surface area contributed by atoms with Crippen molar-refractivity contribution in [2.24, 2.45) is 5.92 Å². The van der Waals surface area contributed by atoms with E-state index in [9.17, 15) is 9.18 Å². The van der Waals surface area contributed by atoms with Crippen molar-refractivity contribution in [3.05, 3.63) is 35.6 Å². The lowest BCUT2D eigenvalue weighted by Crippen LogP contribution is -2.46. The molecule has 0 spiro atoms. The third-order valence-electron chi connectivity index (χ3n) is 4.89. The fourth-order valence-electron chi connectivity index (χ4n) is 3.61. The molecule has 0 unspecified atom stereocenters. The van der Waals surface area contributed by atoms with Gasteiger partial charge in [0.1, 0.15) is 5.82 Å². The van der Waals surface area contributed by atoms with Gasteiger partial charge in [0.25, 0.3) is 0 Å². The number of hydrogen-bond acceptors (Lipinski definition) is 3. The van der Waals surface area contributed by atoms with Crippen LogP contribution < -0.4 is 5.32 Å². The largest absolute Gasteiger partial charge is 0.379 e. The van der Waals surface area contributed by atoms with Crippen LogP contribution in [0, 0.1) is 11.7 Å². The Bertz CT molecular complexity index is 514. The van der Waals surface area contributed by atoms with Gasteiger partial charge in [-0.3, -0.25) is 9.69 Å². The van der Waals surface area contributed by atoms with E-state index in [0.717, 1.165) is 44.3 Å². The molecular formula is C18H25FN2O2. The average Bonchev–Trinajstić information content (AvgIpc) is 2.97. The third kappa shape index (κ3) is 4.75. The summed E-state index contributed by atoms with van der Waals surface area (Å²) in [6, 6.07) is 6.96. The molecule has 2 atom stereocenters. The number of morpholine rings is 1. The van der Waals surface area contributed by atoms with Gasteiger partial charge < -0.3 is 10.1 Å². The third-order valence-corrected chi connectivity index (χ3v) is 4.89. The lowest BCUT2D eigenvalue weighted by Gasteiger charge is -2.27. The summed E-state index contributed by atoms with van der Waals surface area (Å²) in [6.07, 6.45) is 4.22. The summed E-state index contributed by atoms with van der Waals surface area (Å²) in [5, 5.41) is 3.21. The van der Waals surface area contributed by atoms with E-state index in [1.165, 1.54) is 12.1 Å². The number of rotatable bonds is 5. The maximum atomic E-state index is 13.0. The molecule has 0 bridgehead atoms. The average molecular weight is 320 g/mol. The fourth-order valence-corrected chi connectivity index (χ4v) is 3.61. The number of nitrogens with one attached hydrogen (secondary N) is 1. The lowest BCUT2D eigenvalue weighted by atomic mass is 9.94. The first-order chi connectivity index (χ1) is 11.2. The molecule has 2 aliphatic rings. The summed E-state index contributed by atoms with van der Waals surface area (Å²) in [5.74, 6) is 0.368. The van der Waals surface area contributed by atoms with Crippen molar-refractivity contribution in [3.8, 4) is 0 Å². The van der Waals surface area contributed by atoms with E-state index in [1.807, 2.05) is 12.1 Å². The van der Waals surface area contributed by atoms with E-state index in [4.69, 9.17) is 4.74 Å². The van der Waals surface area contributed by atoms with Crippen molar-refractivity contribution in [1.29, 1.82) is 0 Å². The van der Waals surface area contributed by atoms with E-state index >= 15 is 0 Å². The SMILES string of the molecule is O=C(CN1CCOCC1)N[C@H]1CCC[C@H]1Cc1ccc(F)cc1. The molecular weight excluding hydrogens is 295 g/mol. The summed E-state index contributed by atoms with van der Waals surface area (Å²) in [7, 11) is 0. The summed E-state index contributed by atoms with van der Waals surface area (Å²) in [6.45, 7) is 3.55. The van der Waals surface area contributed by atoms with Gasteiger partial charge in [-0.25, -0.2) is 4.39 Å². The Morgan fingerprint density at radius 3 is 2.70 bits per heavy atom. The van der Waals surface area contributed by atoms with Crippen LogP contribution in [-0.2, 0) is 16.0 Å². The maximum Gasteiger partial charge on any atom is 0.234 e. The van der Waals surface area contributed by atoms with Gasteiger partial charge in [0.15, 0.2) is 0 Å². The molecule has 0 aromatic heterocycles. The van der Waals surface area contributed by atoms with Crippen LogP contribution in [0.2, 0.25) is 0 Å². The molecule has 1 amide bonds. The second kappa shape index (κ2) is 7.88. The van der Waals surface area contributed by atoms with Gasteiger partial charge in [-0.05, 0) is 42.9 Å². The fraction of sp³-hybridized carbons (Fsp3) is 0.611. The van der Waals surface area contributed by atoms with Crippen LogP contribution in [0.1, 0.15) is 24.8 Å². The van der Waals surface area contributed by atoms with Gasteiger partial charge in [0.2, 0.25) is 5.91 Å². The van der Waals surface area contributed by atoms with Crippen molar-refractivity contribution < 1.29 is 13.9 Å². The highest BCUT2D eigenvalue weighted by Gasteiger charge is 2.29. The number of hydrogen-bond donors (Lipinski definition) is 1. The zero-order chi connectivity index (χ0) is 16.1. The Kier molecular flexibility index (Phi) is 5.62. The lowest BCUT2D eigenvalue weighted by molar-refractivity contribution is -0.124. The van der Waals surface area contributed by atoms with Gasteiger partial charge in [-0.15, -0.1) is 0 Å². The quantitative estimate of drug-likeness (QED) is 0.902. The van der Waals surface area contributed by atoms with E-state index < -0.39 is 0 Å². The molecule has 5 heteroatoms. The highest BCUT2D eigenvalue weighted by molar-refractivity contribution is 5.78. The van der Waals surface area contributed by atoms with Crippen LogP contribution in [0.3, 0.4) is 0 Å². The topological polar surface area (TPSA) is 41.6 Å². The predicted molar refractivity (Wildman–Crippen MR) is 86.6 cm³/mol. The number of carbonyl (C=O) groups is 1. The first-order valence-corrected chi connectivity index (χ1v) is 8.54. The summed E-state index contributed by atoms with van der Waals surface area (Å²) in [5.41, 5.74) is 1.14. The molecule has 1 N–H and O–H groups in total. The standard InChI is InChI=1S/C18H25FN2O2/c19-16-6-4-14(5-7-16)12-15-2-1-3-17(15)20-18(22)13-21-8-10-23-11-9-21/h4-7,15,17H,1-3,8-13H2,(H,20,22)/t15-,17-/m0/s1. The van der Waals surface area contributed by atoms with Crippen LogP contribution in [-0.4, -0.2) is 49.7 Å². The monoisotopic (exact) mass is 320 g/mol. The Balaban J connectivity index is 1.49. The molecule has 1 saturated heterocycles. The summed E-state index contributed by atoms with van der Waals surface area (Å²) < 4.78 is 18.3. The van der Waals surface area contributed by atoms with Crippen molar-refractivity contribution >= 4 is 5.91 Å². The normalized spacial score (nSPS) is 25.4. The molecule has 23 heavy (non-hydrogen) atoms. The van der Waals surface area contributed by atoms with Crippen molar-refractivity contribution in [2.75, 3.05) is 32.8 Å².